The van der Waals surface area contributed by atoms with Crippen LogP contribution in [0.2, 0.25) is 0 Å². The van der Waals surface area contributed by atoms with Crippen molar-refractivity contribution in [1.82, 2.24) is 19.8 Å². The van der Waals surface area contributed by atoms with Gasteiger partial charge in [-0.25, -0.2) is 4.98 Å². The second-order valence-corrected chi connectivity index (χ2v) is 7.30. The number of aryl methyl sites for hydroxylation is 1. The quantitative estimate of drug-likeness (QED) is 0.649. The van der Waals surface area contributed by atoms with E-state index < -0.39 is 6.04 Å². The zero-order valence-electron chi connectivity index (χ0n) is 18.1. The van der Waals surface area contributed by atoms with Crippen LogP contribution >= 0.6 is 0 Å². The van der Waals surface area contributed by atoms with E-state index in [1.165, 1.54) is 25.1 Å². The lowest BCUT2D eigenvalue weighted by Crippen LogP contribution is -2.50. The lowest BCUT2D eigenvalue weighted by molar-refractivity contribution is -0.139. The van der Waals surface area contributed by atoms with Crippen molar-refractivity contribution in [3.8, 4) is 11.5 Å². The highest BCUT2D eigenvalue weighted by Crippen LogP contribution is 2.29. The van der Waals surface area contributed by atoms with Gasteiger partial charge in [-0.3, -0.25) is 19.0 Å². The van der Waals surface area contributed by atoms with E-state index in [2.05, 4.69) is 10.3 Å². The molecule has 1 unspecified atom stereocenters. The van der Waals surface area contributed by atoms with Crippen LogP contribution in [0.15, 0.2) is 23.3 Å². The molecule has 168 valence electrons. The molecule has 0 spiro atoms. The molecule has 0 bridgehead atoms. The molecule has 0 radical (unpaired) electrons. The van der Waals surface area contributed by atoms with Gasteiger partial charge in [0.05, 0.1) is 44.7 Å². The molecule has 1 aromatic heterocycles. The fourth-order valence-corrected chi connectivity index (χ4v) is 3.49. The summed E-state index contributed by atoms with van der Waals surface area (Å²) >= 11 is 0. The Morgan fingerprint density at radius 1 is 1.19 bits per heavy atom. The largest absolute Gasteiger partial charge is 0.493 e. The van der Waals surface area contributed by atoms with E-state index >= 15 is 0 Å². The molecule has 1 N–H and O–H groups in total. The van der Waals surface area contributed by atoms with Crippen molar-refractivity contribution in [2.75, 3.05) is 40.5 Å². The molecular formula is C21H28N4O6. The number of benzene rings is 1. The summed E-state index contributed by atoms with van der Waals surface area (Å²) in [6, 6.07) is 2.66. The summed E-state index contributed by atoms with van der Waals surface area (Å²) in [5.74, 6) is 0.598. The first-order valence-corrected chi connectivity index (χ1v) is 10.2. The Morgan fingerprint density at radius 3 is 2.55 bits per heavy atom. The molecule has 1 aromatic carbocycles. The number of morpholine rings is 1. The van der Waals surface area contributed by atoms with Gasteiger partial charge in [0.2, 0.25) is 11.8 Å². The van der Waals surface area contributed by atoms with Crippen LogP contribution in [0, 0.1) is 0 Å². The summed E-state index contributed by atoms with van der Waals surface area (Å²) < 4.78 is 17.2. The van der Waals surface area contributed by atoms with Gasteiger partial charge in [0.1, 0.15) is 6.04 Å². The van der Waals surface area contributed by atoms with Crippen molar-refractivity contribution in [1.29, 1.82) is 0 Å². The van der Waals surface area contributed by atoms with Crippen molar-refractivity contribution >= 4 is 22.7 Å². The summed E-state index contributed by atoms with van der Waals surface area (Å²) in [5, 5.41) is 3.14. The number of aromatic nitrogens is 2. The second-order valence-electron chi connectivity index (χ2n) is 7.30. The first kappa shape index (κ1) is 22.5. The van der Waals surface area contributed by atoms with Crippen LogP contribution in [0.3, 0.4) is 0 Å². The number of amides is 2. The molecule has 10 heteroatoms. The van der Waals surface area contributed by atoms with Crippen molar-refractivity contribution in [2.45, 2.75) is 32.4 Å². The maximum Gasteiger partial charge on any atom is 0.261 e. The van der Waals surface area contributed by atoms with E-state index in [1.54, 1.807) is 24.0 Å². The SMILES string of the molecule is COc1cc2ncn(CCCC(=O)NC(C)C(=O)N3CCOCC3)c(=O)c2cc1OC. The minimum absolute atomic E-state index is 0.115. The molecule has 1 atom stereocenters. The Balaban J connectivity index is 1.57. The molecule has 3 rings (SSSR count). The number of hydrogen-bond acceptors (Lipinski definition) is 7. The first-order chi connectivity index (χ1) is 14.9. The van der Waals surface area contributed by atoms with Crippen molar-refractivity contribution in [2.24, 2.45) is 0 Å². The van der Waals surface area contributed by atoms with E-state index in [4.69, 9.17) is 14.2 Å². The van der Waals surface area contributed by atoms with Gasteiger partial charge in [-0.2, -0.15) is 0 Å². The Labute approximate surface area is 180 Å². The number of ether oxygens (including phenoxy) is 3. The molecule has 0 aliphatic carbocycles. The first-order valence-electron chi connectivity index (χ1n) is 10.2. The maximum atomic E-state index is 12.8. The molecular weight excluding hydrogens is 404 g/mol. The van der Waals surface area contributed by atoms with Gasteiger partial charge in [-0.15, -0.1) is 0 Å². The Bertz CT molecular complexity index is 999. The van der Waals surface area contributed by atoms with Crippen LogP contribution < -0.4 is 20.3 Å². The van der Waals surface area contributed by atoms with Crippen molar-refractivity contribution < 1.29 is 23.8 Å². The van der Waals surface area contributed by atoms with Gasteiger partial charge in [-0.05, 0) is 19.4 Å². The van der Waals surface area contributed by atoms with E-state index in [9.17, 15) is 14.4 Å². The van der Waals surface area contributed by atoms with Crippen LogP contribution in [0.25, 0.3) is 10.9 Å². The van der Waals surface area contributed by atoms with Gasteiger partial charge >= 0.3 is 0 Å². The van der Waals surface area contributed by atoms with Gasteiger partial charge in [0, 0.05) is 32.1 Å². The molecule has 0 saturated carbocycles. The summed E-state index contributed by atoms with van der Waals surface area (Å²) in [6.45, 7) is 4.10. The Hall–Kier alpha value is -3.14. The number of carbonyl (C=O) groups is 2. The zero-order chi connectivity index (χ0) is 22.4. The van der Waals surface area contributed by atoms with Gasteiger partial charge in [0.15, 0.2) is 11.5 Å². The summed E-state index contributed by atoms with van der Waals surface area (Å²) in [7, 11) is 3.02. The number of hydrogen-bond donors (Lipinski definition) is 1. The summed E-state index contributed by atoms with van der Waals surface area (Å²) in [4.78, 5) is 43.4. The normalized spacial score (nSPS) is 14.9. The number of nitrogens with zero attached hydrogens (tertiary/aromatic N) is 3. The Morgan fingerprint density at radius 2 is 1.87 bits per heavy atom. The third kappa shape index (κ3) is 5.32. The molecule has 2 aromatic rings. The molecule has 1 aliphatic rings. The van der Waals surface area contributed by atoms with Gasteiger partial charge < -0.3 is 24.4 Å². The lowest BCUT2D eigenvalue weighted by atomic mass is 10.2. The van der Waals surface area contributed by atoms with Crippen molar-refractivity contribution in [3.63, 3.8) is 0 Å². The highest BCUT2D eigenvalue weighted by Gasteiger charge is 2.23. The van der Waals surface area contributed by atoms with Crippen molar-refractivity contribution in [3.05, 3.63) is 28.8 Å². The average molecular weight is 432 g/mol. The number of rotatable bonds is 8. The number of nitrogens with one attached hydrogen (secondary N) is 1. The number of methoxy groups -OCH3 is 2. The fraction of sp³-hybridized carbons (Fsp3) is 0.524. The molecule has 1 aliphatic heterocycles. The molecule has 1 fully saturated rings. The topological polar surface area (TPSA) is 112 Å². The Kier molecular flexibility index (Phi) is 7.45. The second kappa shape index (κ2) is 10.3. The average Bonchev–Trinajstić information content (AvgIpc) is 2.79. The molecule has 1 saturated heterocycles. The number of carbonyl (C=O) groups excluding carboxylic acids is 2. The highest BCUT2D eigenvalue weighted by molar-refractivity contribution is 5.87. The zero-order valence-corrected chi connectivity index (χ0v) is 18.1. The van der Waals surface area contributed by atoms with E-state index in [0.717, 1.165) is 0 Å². The van der Waals surface area contributed by atoms with Crippen LogP contribution in [0.5, 0.6) is 11.5 Å². The third-order valence-corrected chi connectivity index (χ3v) is 5.20. The third-order valence-electron chi connectivity index (χ3n) is 5.20. The van der Waals surface area contributed by atoms with E-state index in [-0.39, 0.29) is 23.8 Å². The molecule has 31 heavy (non-hydrogen) atoms. The summed E-state index contributed by atoms with van der Waals surface area (Å²) in [5.41, 5.74) is 0.286. The number of fused-ring (bicyclic) bond motifs is 1. The smallest absolute Gasteiger partial charge is 0.261 e. The predicted octanol–water partition coefficient (Wildman–Crippen LogP) is 0.557. The predicted molar refractivity (Wildman–Crippen MR) is 113 cm³/mol. The van der Waals surface area contributed by atoms with Crippen LogP contribution in [-0.4, -0.2) is 72.8 Å². The molecule has 2 amide bonds. The van der Waals surface area contributed by atoms with Crippen LogP contribution in [0.4, 0.5) is 0 Å². The minimum Gasteiger partial charge on any atom is -0.493 e. The fourth-order valence-electron chi connectivity index (χ4n) is 3.49. The maximum absolute atomic E-state index is 12.8. The summed E-state index contributed by atoms with van der Waals surface area (Å²) in [6.07, 6.45) is 2.08. The molecule has 10 nitrogen and oxygen atoms in total. The molecule has 2 heterocycles. The monoisotopic (exact) mass is 432 g/mol. The lowest BCUT2D eigenvalue weighted by Gasteiger charge is -2.29. The van der Waals surface area contributed by atoms with E-state index in [1.807, 2.05) is 0 Å². The minimum atomic E-state index is -0.599. The standard InChI is InChI=1S/C21H28N4O6/c1-14(20(27)24-7-9-31-10-8-24)23-19(26)5-4-6-25-13-22-16-12-18(30-3)17(29-2)11-15(16)21(25)28/h11-14H,4-10H2,1-3H3,(H,23,26). The van der Waals surface area contributed by atoms with Crippen LogP contribution in [-0.2, 0) is 20.9 Å². The highest BCUT2D eigenvalue weighted by atomic mass is 16.5. The van der Waals surface area contributed by atoms with E-state index in [0.29, 0.717) is 61.7 Å². The van der Waals surface area contributed by atoms with Gasteiger partial charge in [0.25, 0.3) is 5.56 Å². The van der Waals surface area contributed by atoms with Crippen LogP contribution in [0.1, 0.15) is 19.8 Å². The van der Waals surface area contributed by atoms with Gasteiger partial charge in [-0.1, -0.05) is 0 Å².